The molecule has 0 aliphatic rings. The number of carbonyl (C=O) groups excluding carboxylic acids is 2. The summed E-state index contributed by atoms with van der Waals surface area (Å²) in [7, 11) is 0. The lowest BCUT2D eigenvalue weighted by Gasteiger charge is -2.28. The minimum Gasteiger partial charge on any atom is -0.322 e. The first kappa shape index (κ1) is 22.6. The van der Waals surface area contributed by atoms with Crippen LogP contribution >= 0.6 is 0 Å². The number of pyridine rings is 1. The van der Waals surface area contributed by atoms with Gasteiger partial charge < -0.3 is 4.98 Å². The van der Waals surface area contributed by atoms with E-state index in [-0.39, 0.29) is 17.6 Å². The monoisotopic (exact) mass is 479 g/mol. The van der Waals surface area contributed by atoms with Gasteiger partial charge in [-0.1, -0.05) is 48.5 Å². The zero-order valence-corrected chi connectivity index (χ0v) is 18.9. The number of carbonyl (C=O) groups is 2. The van der Waals surface area contributed by atoms with Crippen LogP contribution in [0.4, 0.5) is 16.7 Å². The summed E-state index contributed by atoms with van der Waals surface area (Å²) in [5.41, 5.74) is 8.04. The van der Waals surface area contributed by atoms with Crippen LogP contribution in [0.5, 0.6) is 0 Å². The third kappa shape index (κ3) is 5.00. The summed E-state index contributed by atoms with van der Waals surface area (Å²) in [6.45, 7) is 0.299. The van der Waals surface area contributed by atoms with Crippen LogP contribution in [-0.2, 0) is 6.54 Å². The van der Waals surface area contributed by atoms with E-state index in [1.807, 2.05) is 48.5 Å². The van der Waals surface area contributed by atoms with E-state index < -0.39 is 11.9 Å². The Labute approximate surface area is 205 Å². The van der Waals surface area contributed by atoms with Crippen molar-refractivity contribution in [3.8, 4) is 0 Å². The summed E-state index contributed by atoms with van der Waals surface area (Å²) in [4.78, 5) is 47.0. The van der Waals surface area contributed by atoms with Gasteiger partial charge in [0, 0.05) is 25.1 Å². The first-order valence-electron chi connectivity index (χ1n) is 11.0. The molecule has 0 saturated carbocycles. The molecule has 0 aliphatic carbocycles. The highest BCUT2D eigenvalue weighted by Gasteiger charge is 2.30. The zero-order valence-electron chi connectivity index (χ0n) is 18.9. The second-order valence-electron chi connectivity index (χ2n) is 7.56. The zero-order chi connectivity index (χ0) is 24.7. The molecule has 3 aromatic heterocycles. The number of rotatable bonds is 6. The number of amides is 3. The smallest absolute Gasteiger partial charge is 0.322 e. The van der Waals surface area contributed by atoms with Crippen molar-refractivity contribution < 1.29 is 9.59 Å². The van der Waals surface area contributed by atoms with E-state index in [0.29, 0.717) is 17.6 Å². The molecule has 0 fully saturated rings. The maximum Gasteiger partial charge on any atom is 0.367 e. The molecular formula is C25H21N9O2. The number of fused-ring (bicyclic) bond motifs is 1. The second kappa shape index (κ2) is 10.4. The van der Waals surface area contributed by atoms with Crippen molar-refractivity contribution in [3.63, 3.8) is 0 Å². The lowest BCUT2D eigenvalue weighted by molar-refractivity contribution is 0.0945. The molecule has 0 radical (unpaired) electrons. The van der Waals surface area contributed by atoms with Crippen LogP contribution in [0.2, 0.25) is 0 Å². The molecule has 2 aromatic carbocycles. The maximum absolute atomic E-state index is 13.9. The molecule has 11 nitrogen and oxygen atoms in total. The van der Waals surface area contributed by atoms with Gasteiger partial charge in [-0.05, 0) is 35.9 Å². The highest BCUT2D eigenvalue weighted by Crippen LogP contribution is 2.18. The predicted octanol–water partition coefficient (Wildman–Crippen LogP) is 3.23. The van der Waals surface area contributed by atoms with Gasteiger partial charge in [0.05, 0.1) is 11.0 Å². The van der Waals surface area contributed by atoms with Gasteiger partial charge in [0.2, 0.25) is 11.9 Å². The molecule has 3 heterocycles. The largest absolute Gasteiger partial charge is 0.367 e. The molecule has 0 atom stereocenters. The number of urea groups is 1. The Morgan fingerprint density at radius 1 is 0.778 bits per heavy atom. The Kier molecular flexibility index (Phi) is 6.54. The number of aromatic nitrogens is 5. The van der Waals surface area contributed by atoms with E-state index in [1.165, 1.54) is 18.6 Å². The van der Waals surface area contributed by atoms with Gasteiger partial charge in [-0.2, -0.15) is 10.0 Å². The fourth-order valence-corrected chi connectivity index (χ4v) is 3.39. The van der Waals surface area contributed by atoms with E-state index in [0.717, 1.165) is 15.6 Å². The number of nitrogens with one attached hydrogen (secondary N) is 3. The molecule has 178 valence electrons. The minimum absolute atomic E-state index is 0.0895. The summed E-state index contributed by atoms with van der Waals surface area (Å²) in [5.74, 6) is -0.402. The first-order valence-corrected chi connectivity index (χ1v) is 11.0. The molecule has 5 aromatic rings. The molecule has 0 spiro atoms. The van der Waals surface area contributed by atoms with Gasteiger partial charge in [-0.15, -0.1) is 0 Å². The van der Waals surface area contributed by atoms with Crippen molar-refractivity contribution in [2.75, 3.05) is 10.0 Å². The second-order valence-corrected chi connectivity index (χ2v) is 7.56. The summed E-state index contributed by atoms with van der Waals surface area (Å²) in [5, 5.41) is 2.16. The Balaban J connectivity index is 1.51. The van der Waals surface area contributed by atoms with Crippen molar-refractivity contribution >= 4 is 34.9 Å². The fraction of sp³-hybridized carbons (Fsp3) is 0.0400. The normalized spacial score (nSPS) is 10.7. The number of H-pyrrole nitrogens is 1. The van der Waals surface area contributed by atoms with Crippen molar-refractivity contribution in [2.45, 2.75) is 6.54 Å². The van der Waals surface area contributed by atoms with E-state index in [4.69, 9.17) is 0 Å². The van der Waals surface area contributed by atoms with Crippen molar-refractivity contribution in [2.24, 2.45) is 0 Å². The summed E-state index contributed by atoms with van der Waals surface area (Å²) >= 11 is 0. The average Bonchev–Trinajstić information content (AvgIpc) is 3.37. The van der Waals surface area contributed by atoms with Gasteiger partial charge in [-0.25, -0.2) is 25.2 Å². The van der Waals surface area contributed by atoms with Gasteiger partial charge in [0.25, 0.3) is 5.91 Å². The summed E-state index contributed by atoms with van der Waals surface area (Å²) in [6.07, 6.45) is 4.53. The Morgan fingerprint density at radius 2 is 1.50 bits per heavy atom. The minimum atomic E-state index is -0.694. The molecule has 0 unspecified atom stereocenters. The van der Waals surface area contributed by atoms with Crippen LogP contribution in [0.25, 0.3) is 11.0 Å². The van der Waals surface area contributed by atoms with Crippen molar-refractivity contribution in [3.05, 3.63) is 109 Å². The van der Waals surface area contributed by atoms with Crippen molar-refractivity contribution in [1.82, 2.24) is 35.8 Å². The van der Waals surface area contributed by atoms with Crippen LogP contribution in [-0.4, -0.2) is 36.9 Å². The van der Waals surface area contributed by atoms with Crippen LogP contribution in [0, 0.1) is 0 Å². The average molecular weight is 480 g/mol. The van der Waals surface area contributed by atoms with Gasteiger partial charge in [0.1, 0.15) is 5.69 Å². The number of aromatic amines is 1. The number of para-hydroxylation sites is 2. The number of imidazole rings is 1. The molecule has 5 rings (SSSR count). The predicted molar refractivity (Wildman–Crippen MR) is 133 cm³/mol. The molecule has 11 heteroatoms. The van der Waals surface area contributed by atoms with Crippen LogP contribution in [0.3, 0.4) is 0 Å². The standard InChI is InChI=1S/C25H21N9O2/c35-22(21-13-6-7-14-26-21)32-34(24-30-19-11-4-5-12-20(19)31-24)25(36)33(23-27-15-8-16-28-23)29-17-18-9-2-1-3-10-18/h1-16,29H,17H2,(H,30,31)(H,32,35). The topological polar surface area (TPSA) is 132 Å². The number of nitrogens with zero attached hydrogens (tertiary/aromatic N) is 6. The SMILES string of the molecule is O=C(NN(C(=O)N(NCc1ccccc1)c1ncccn1)c1nc2ccccc2[nH]1)c1ccccn1. The number of anilines is 2. The molecule has 36 heavy (non-hydrogen) atoms. The van der Waals surface area contributed by atoms with Crippen LogP contribution in [0.15, 0.2) is 97.5 Å². The third-order valence-electron chi connectivity index (χ3n) is 5.12. The van der Waals surface area contributed by atoms with E-state index in [9.17, 15) is 9.59 Å². The van der Waals surface area contributed by atoms with Gasteiger partial charge in [0.15, 0.2) is 0 Å². The Bertz CT molecular complexity index is 1430. The molecule has 0 saturated heterocycles. The third-order valence-corrected chi connectivity index (χ3v) is 5.12. The van der Waals surface area contributed by atoms with Crippen LogP contribution < -0.4 is 20.9 Å². The highest BCUT2D eigenvalue weighted by atomic mass is 16.2. The lowest BCUT2D eigenvalue weighted by atomic mass is 10.2. The van der Waals surface area contributed by atoms with E-state index in [1.54, 1.807) is 30.3 Å². The maximum atomic E-state index is 13.9. The van der Waals surface area contributed by atoms with E-state index >= 15 is 0 Å². The fourth-order valence-electron chi connectivity index (χ4n) is 3.39. The Hall–Kier alpha value is -5.16. The number of hydrogen-bond acceptors (Lipinski definition) is 7. The van der Waals surface area contributed by atoms with Gasteiger partial charge >= 0.3 is 6.03 Å². The van der Waals surface area contributed by atoms with Gasteiger partial charge in [-0.3, -0.25) is 15.2 Å². The Morgan fingerprint density at radius 3 is 2.25 bits per heavy atom. The van der Waals surface area contributed by atoms with E-state index in [2.05, 4.69) is 35.8 Å². The number of hydrogen-bond donors (Lipinski definition) is 3. The highest BCUT2D eigenvalue weighted by molar-refractivity contribution is 6.05. The number of hydrazine groups is 2. The van der Waals surface area contributed by atoms with Crippen LogP contribution in [0.1, 0.15) is 16.1 Å². The molecule has 3 N–H and O–H groups in total. The molecular weight excluding hydrogens is 458 g/mol. The molecule has 0 bridgehead atoms. The number of benzene rings is 2. The summed E-state index contributed by atoms with van der Waals surface area (Å²) in [6, 6.07) is 22.7. The summed E-state index contributed by atoms with van der Waals surface area (Å²) < 4.78 is 0. The van der Waals surface area contributed by atoms with Crippen molar-refractivity contribution in [1.29, 1.82) is 0 Å². The molecule has 3 amide bonds. The lowest BCUT2D eigenvalue weighted by Crippen LogP contribution is -2.57. The quantitative estimate of drug-likeness (QED) is 0.319. The first-order chi connectivity index (χ1) is 17.7. The molecule has 0 aliphatic heterocycles.